The Labute approximate surface area is 187 Å². The Hall–Kier alpha value is -3.31. The first-order valence-electron chi connectivity index (χ1n) is 10.3. The van der Waals surface area contributed by atoms with Crippen LogP contribution in [0.2, 0.25) is 5.02 Å². The van der Waals surface area contributed by atoms with E-state index in [-0.39, 0.29) is 18.0 Å². The second-order valence-electron chi connectivity index (χ2n) is 7.66. The fourth-order valence-electron chi connectivity index (χ4n) is 3.90. The fraction of sp³-hybridized carbons (Fsp3) is 0.200. The molecule has 31 heavy (non-hydrogen) atoms. The van der Waals surface area contributed by atoms with Crippen LogP contribution < -0.4 is 15.5 Å². The Bertz CT molecular complexity index is 1080. The maximum absolute atomic E-state index is 12.6. The number of rotatable bonds is 4. The van der Waals surface area contributed by atoms with E-state index in [2.05, 4.69) is 22.8 Å². The number of anilines is 2. The summed E-state index contributed by atoms with van der Waals surface area (Å²) >= 11 is 5.89. The number of aryl methyl sites for hydroxylation is 1. The molecular weight excluding hydrogens is 410 g/mol. The van der Waals surface area contributed by atoms with Gasteiger partial charge in [-0.05, 0) is 78.9 Å². The van der Waals surface area contributed by atoms with Crippen molar-refractivity contribution in [1.82, 2.24) is 5.32 Å². The monoisotopic (exact) mass is 433 g/mol. The summed E-state index contributed by atoms with van der Waals surface area (Å²) in [4.78, 5) is 26.7. The van der Waals surface area contributed by atoms with Crippen LogP contribution in [0.5, 0.6) is 0 Å². The standard InChI is InChI=1S/C25H24ClN3O2/c1-29(24(30)18-9-11-19(26)12-10-18)21-15-13-20(14-16-21)27-25(31)28-23-8-4-6-17-5-2-3-7-22(17)23/h2-3,5,7,9-16,23H,4,6,8H2,1H3,(H2,27,28,31). The van der Waals surface area contributed by atoms with Crippen LogP contribution in [0.1, 0.15) is 40.4 Å². The van der Waals surface area contributed by atoms with Gasteiger partial charge in [-0.25, -0.2) is 4.79 Å². The van der Waals surface area contributed by atoms with E-state index in [1.807, 2.05) is 12.1 Å². The average molecular weight is 434 g/mol. The van der Waals surface area contributed by atoms with Crippen molar-refractivity contribution in [2.24, 2.45) is 0 Å². The first-order chi connectivity index (χ1) is 15.0. The second-order valence-corrected chi connectivity index (χ2v) is 8.10. The third kappa shape index (κ3) is 4.89. The first-order valence-corrected chi connectivity index (χ1v) is 10.7. The molecule has 1 atom stereocenters. The Morgan fingerprint density at radius 1 is 0.968 bits per heavy atom. The van der Waals surface area contributed by atoms with Gasteiger partial charge in [0.05, 0.1) is 6.04 Å². The van der Waals surface area contributed by atoms with Crippen molar-refractivity contribution in [2.45, 2.75) is 25.3 Å². The molecule has 6 heteroatoms. The first kappa shape index (κ1) is 20.9. The number of amides is 3. The number of nitrogens with one attached hydrogen (secondary N) is 2. The molecule has 0 heterocycles. The minimum atomic E-state index is -0.236. The molecule has 0 aliphatic heterocycles. The molecule has 3 amide bonds. The summed E-state index contributed by atoms with van der Waals surface area (Å²) in [6.07, 6.45) is 3.05. The molecule has 0 radical (unpaired) electrons. The zero-order chi connectivity index (χ0) is 21.8. The third-order valence-corrected chi connectivity index (χ3v) is 5.84. The summed E-state index contributed by atoms with van der Waals surface area (Å²) in [5.41, 5.74) is 4.45. The molecule has 0 spiro atoms. The highest BCUT2D eigenvalue weighted by atomic mass is 35.5. The van der Waals surface area contributed by atoms with Crippen molar-refractivity contribution in [3.63, 3.8) is 0 Å². The number of benzene rings is 3. The topological polar surface area (TPSA) is 61.4 Å². The van der Waals surface area contributed by atoms with Crippen molar-refractivity contribution in [3.05, 3.63) is 94.5 Å². The smallest absolute Gasteiger partial charge is 0.319 e. The van der Waals surface area contributed by atoms with E-state index in [1.54, 1.807) is 60.5 Å². The Morgan fingerprint density at radius 3 is 2.42 bits per heavy atom. The van der Waals surface area contributed by atoms with Gasteiger partial charge in [0, 0.05) is 29.0 Å². The second kappa shape index (κ2) is 9.23. The zero-order valence-electron chi connectivity index (χ0n) is 17.3. The molecule has 3 aromatic carbocycles. The van der Waals surface area contributed by atoms with Crippen molar-refractivity contribution in [1.29, 1.82) is 0 Å². The van der Waals surface area contributed by atoms with Crippen molar-refractivity contribution >= 4 is 34.9 Å². The highest BCUT2D eigenvalue weighted by Gasteiger charge is 2.21. The van der Waals surface area contributed by atoms with Crippen molar-refractivity contribution < 1.29 is 9.59 Å². The molecule has 0 saturated heterocycles. The van der Waals surface area contributed by atoms with Gasteiger partial charge in [0.15, 0.2) is 0 Å². The van der Waals surface area contributed by atoms with Crippen LogP contribution in [0.15, 0.2) is 72.8 Å². The van der Waals surface area contributed by atoms with E-state index in [4.69, 9.17) is 11.6 Å². The normalized spacial score (nSPS) is 15.0. The largest absolute Gasteiger partial charge is 0.331 e. The molecule has 2 N–H and O–H groups in total. The van der Waals surface area contributed by atoms with Gasteiger partial charge in [0.2, 0.25) is 0 Å². The van der Waals surface area contributed by atoms with Crippen LogP contribution >= 0.6 is 11.6 Å². The van der Waals surface area contributed by atoms with Crippen LogP contribution in [-0.4, -0.2) is 19.0 Å². The lowest BCUT2D eigenvalue weighted by molar-refractivity contribution is 0.0993. The molecule has 3 aromatic rings. The average Bonchev–Trinajstić information content (AvgIpc) is 2.79. The number of carbonyl (C=O) groups is 2. The summed E-state index contributed by atoms with van der Waals surface area (Å²) in [6.45, 7) is 0. The lowest BCUT2D eigenvalue weighted by Crippen LogP contribution is -2.34. The molecule has 1 aliphatic carbocycles. The number of carbonyl (C=O) groups excluding carboxylic acids is 2. The van der Waals surface area contributed by atoms with Gasteiger partial charge in [-0.1, -0.05) is 35.9 Å². The molecule has 0 saturated carbocycles. The summed E-state index contributed by atoms with van der Waals surface area (Å²) in [5.74, 6) is -0.133. The number of hydrogen-bond donors (Lipinski definition) is 2. The Balaban J connectivity index is 1.38. The van der Waals surface area contributed by atoms with Gasteiger partial charge < -0.3 is 15.5 Å². The van der Waals surface area contributed by atoms with E-state index in [0.717, 1.165) is 24.9 Å². The SMILES string of the molecule is CN(C(=O)c1ccc(Cl)cc1)c1ccc(NC(=O)NC2CCCc3ccccc32)cc1. The molecule has 0 bridgehead atoms. The van der Waals surface area contributed by atoms with Gasteiger partial charge in [0.1, 0.15) is 0 Å². The minimum Gasteiger partial charge on any atom is -0.331 e. The number of urea groups is 1. The van der Waals surface area contributed by atoms with E-state index >= 15 is 0 Å². The number of halogens is 1. The van der Waals surface area contributed by atoms with E-state index in [1.165, 1.54) is 11.1 Å². The van der Waals surface area contributed by atoms with Crippen LogP contribution in [0, 0.1) is 0 Å². The van der Waals surface area contributed by atoms with Crippen molar-refractivity contribution in [3.8, 4) is 0 Å². The molecule has 1 unspecified atom stereocenters. The predicted octanol–water partition coefficient (Wildman–Crippen LogP) is 5.82. The minimum absolute atomic E-state index is 0.0207. The van der Waals surface area contributed by atoms with Gasteiger partial charge in [-0.15, -0.1) is 0 Å². The van der Waals surface area contributed by atoms with Gasteiger partial charge in [0.25, 0.3) is 5.91 Å². The fourth-order valence-corrected chi connectivity index (χ4v) is 4.03. The highest BCUT2D eigenvalue weighted by Crippen LogP contribution is 2.29. The van der Waals surface area contributed by atoms with Crippen molar-refractivity contribution in [2.75, 3.05) is 17.3 Å². The Kier molecular flexibility index (Phi) is 6.23. The lowest BCUT2D eigenvalue weighted by atomic mass is 9.88. The molecule has 0 aromatic heterocycles. The van der Waals surface area contributed by atoms with Gasteiger partial charge in [-0.2, -0.15) is 0 Å². The zero-order valence-corrected chi connectivity index (χ0v) is 18.0. The summed E-state index contributed by atoms with van der Waals surface area (Å²) in [5, 5.41) is 6.55. The highest BCUT2D eigenvalue weighted by molar-refractivity contribution is 6.30. The molecule has 4 rings (SSSR count). The van der Waals surface area contributed by atoms with Crippen LogP contribution in [-0.2, 0) is 6.42 Å². The maximum Gasteiger partial charge on any atom is 0.319 e. The van der Waals surface area contributed by atoms with Crippen LogP contribution in [0.4, 0.5) is 16.2 Å². The van der Waals surface area contributed by atoms with Gasteiger partial charge >= 0.3 is 6.03 Å². The molecule has 0 fully saturated rings. The number of fused-ring (bicyclic) bond motifs is 1. The predicted molar refractivity (Wildman–Crippen MR) is 125 cm³/mol. The molecule has 158 valence electrons. The summed E-state index contributed by atoms with van der Waals surface area (Å²) in [6, 6.07) is 22.0. The molecule has 1 aliphatic rings. The maximum atomic E-state index is 12.6. The number of nitrogens with zero attached hydrogens (tertiary/aromatic N) is 1. The summed E-state index contributed by atoms with van der Waals surface area (Å²) in [7, 11) is 1.71. The van der Waals surface area contributed by atoms with Gasteiger partial charge in [-0.3, -0.25) is 4.79 Å². The Morgan fingerprint density at radius 2 is 1.68 bits per heavy atom. The van der Waals surface area contributed by atoms with Crippen LogP contribution in [0.3, 0.4) is 0 Å². The summed E-state index contributed by atoms with van der Waals surface area (Å²) < 4.78 is 0. The molecule has 5 nitrogen and oxygen atoms in total. The quantitative estimate of drug-likeness (QED) is 0.544. The van der Waals surface area contributed by atoms with E-state index < -0.39 is 0 Å². The van der Waals surface area contributed by atoms with E-state index in [9.17, 15) is 9.59 Å². The molecular formula is C25H24ClN3O2. The lowest BCUT2D eigenvalue weighted by Gasteiger charge is -2.26. The van der Waals surface area contributed by atoms with Crippen LogP contribution in [0.25, 0.3) is 0 Å². The van der Waals surface area contributed by atoms with E-state index in [0.29, 0.717) is 16.3 Å². The number of hydrogen-bond acceptors (Lipinski definition) is 2. The third-order valence-electron chi connectivity index (χ3n) is 5.58.